The number of rotatable bonds is 4. The minimum Gasteiger partial charge on any atom is -0.497 e. The number of benzene rings is 1. The van der Waals surface area contributed by atoms with Gasteiger partial charge in [0.15, 0.2) is 0 Å². The van der Waals surface area contributed by atoms with Crippen molar-refractivity contribution in [1.82, 2.24) is 0 Å². The summed E-state index contributed by atoms with van der Waals surface area (Å²) in [5.41, 5.74) is 0.529. The molecule has 1 aromatic carbocycles. The zero-order chi connectivity index (χ0) is 14.0. The van der Waals surface area contributed by atoms with Gasteiger partial charge in [-0.05, 0) is 12.1 Å². The number of esters is 1. The Morgan fingerprint density at radius 2 is 2.11 bits per heavy atom. The maximum absolute atomic E-state index is 11.3. The molecule has 0 aromatic heterocycles. The Hall–Kier alpha value is -2.24. The molecule has 0 spiro atoms. The third-order valence-corrected chi connectivity index (χ3v) is 3.07. The van der Waals surface area contributed by atoms with Gasteiger partial charge in [0.25, 0.3) is 0 Å². The van der Waals surface area contributed by atoms with E-state index in [-0.39, 0.29) is 6.42 Å². The molecular formula is C13H14O6. The van der Waals surface area contributed by atoms with Crippen LogP contribution in [0.1, 0.15) is 18.1 Å². The number of carboxylic acids is 1. The Balaban J connectivity index is 2.40. The number of carboxylic acid groups (broad SMARTS) is 1. The summed E-state index contributed by atoms with van der Waals surface area (Å²) in [5.74, 6) is -1.46. The van der Waals surface area contributed by atoms with Crippen LogP contribution in [0.25, 0.3) is 0 Å². The van der Waals surface area contributed by atoms with E-state index in [9.17, 15) is 9.59 Å². The third kappa shape index (κ3) is 2.47. The molecule has 2 atom stereocenters. The molecule has 102 valence electrons. The summed E-state index contributed by atoms with van der Waals surface area (Å²) in [5, 5.41) is 9.13. The smallest absolute Gasteiger partial charge is 0.311 e. The molecule has 19 heavy (non-hydrogen) atoms. The first-order valence-electron chi connectivity index (χ1n) is 5.71. The summed E-state index contributed by atoms with van der Waals surface area (Å²) >= 11 is 0. The van der Waals surface area contributed by atoms with Crippen molar-refractivity contribution in [3.63, 3.8) is 0 Å². The molecule has 0 unspecified atom stereocenters. The summed E-state index contributed by atoms with van der Waals surface area (Å²) in [7, 11) is 2.98. The number of hydrogen-bond donors (Lipinski definition) is 1. The Morgan fingerprint density at radius 1 is 1.37 bits per heavy atom. The van der Waals surface area contributed by atoms with Crippen LogP contribution in [0.3, 0.4) is 0 Å². The van der Waals surface area contributed by atoms with Gasteiger partial charge >= 0.3 is 11.9 Å². The maximum atomic E-state index is 11.3. The van der Waals surface area contributed by atoms with E-state index in [4.69, 9.17) is 19.3 Å². The number of methoxy groups -OCH3 is 2. The van der Waals surface area contributed by atoms with Gasteiger partial charge in [0.1, 0.15) is 23.5 Å². The molecule has 1 aromatic rings. The fourth-order valence-electron chi connectivity index (χ4n) is 2.11. The van der Waals surface area contributed by atoms with Gasteiger partial charge in [-0.15, -0.1) is 0 Å². The van der Waals surface area contributed by atoms with Crippen molar-refractivity contribution in [3.05, 3.63) is 23.8 Å². The van der Waals surface area contributed by atoms with Gasteiger partial charge in [0, 0.05) is 11.6 Å². The van der Waals surface area contributed by atoms with Crippen molar-refractivity contribution in [2.75, 3.05) is 14.2 Å². The van der Waals surface area contributed by atoms with E-state index in [1.165, 1.54) is 14.2 Å². The van der Waals surface area contributed by atoms with Crippen molar-refractivity contribution >= 4 is 11.9 Å². The Bertz CT molecular complexity index is 510. The maximum Gasteiger partial charge on any atom is 0.311 e. The summed E-state index contributed by atoms with van der Waals surface area (Å²) in [6.07, 6.45) is -0.958. The second-order valence-electron chi connectivity index (χ2n) is 4.17. The minimum atomic E-state index is -1.06. The molecule has 0 amide bonds. The Morgan fingerprint density at radius 3 is 2.68 bits per heavy atom. The Kier molecular flexibility index (Phi) is 3.59. The molecule has 1 aliphatic rings. The highest BCUT2D eigenvalue weighted by Crippen LogP contribution is 2.40. The molecule has 0 bridgehead atoms. The monoisotopic (exact) mass is 266 g/mol. The number of hydrogen-bond acceptors (Lipinski definition) is 5. The molecule has 1 aliphatic heterocycles. The Labute approximate surface area is 109 Å². The van der Waals surface area contributed by atoms with Crippen LogP contribution in [0.4, 0.5) is 0 Å². The lowest BCUT2D eigenvalue weighted by atomic mass is 9.94. The topological polar surface area (TPSA) is 82.1 Å². The van der Waals surface area contributed by atoms with E-state index in [2.05, 4.69) is 0 Å². The molecule has 0 radical (unpaired) electrons. The fraction of sp³-hybridized carbons (Fsp3) is 0.385. The first-order chi connectivity index (χ1) is 9.06. The van der Waals surface area contributed by atoms with Crippen molar-refractivity contribution in [3.8, 4) is 11.5 Å². The van der Waals surface area contributed by atoms with Crippen LogP contribution in [0.2, 0.25) is 0 Å². The van der Waals surface area contributed by atoms with Crippen molar-refractivity contribution in [2.24, 2.45) is 5.92 Å². The molecule has 1 fully saturated rings. The van der Waals surface area contributed by atoms with E-state index in [1.54, 1.807) is 18.2 Å². The quantitative estimate of drug-likeness (QED) is 0.829. The van der Waals surface area contributed by atoms with Gasteiger partial charge in [0.2, 0.25) is 0 Å². The molecule has 6 nitrogen and oxygen atoms in total. The molecule has 0 aliphatic carbocycles. The summed E-state index contributed by atoms with van der Waals surface area (Å²) in [6.45, 7) is 0. The van der Waals surface area contributed by atoms with Gasteiger partial charge in [-0.3, -0.25) is 9.59 Å². The average molecular weight is 266 g/mol. The lowest BCUT2D eigenvalue weighted by molar-refractivity contribution is -0.144. The van der Waals surface area contributed by atoms with E-state index >= 15 is 0 Å². The van der Waals surface area contributed by atoms with Gasteiger partial charge in [0.05, 0.1) is 20.6 Å². The van der Waals surface area contributed by atoms with Gasteiger partial charge < -0.3 is 19.3 Å². The van der Waals surface area contributed by atoms with Crippen LogP contribution >= 0.6 is 0 Å². The second kappa shape index (κ2) is 5.17. The number of aliphatic carboxylic acids is 1. The number of carbonyl (C=O) groups is 2. The highest BCUT2D eigenvalue weighted by molar-refractivity contribution is 5.83. The SMILES string of the molecule is COc1ccc([C@@H]2OC(=O)C[C@H]2C(=O)O)c(OC)c1. The predicted molar refractivity (Wildman–Crippen MR) is 64.1 cm³/mol. The average Bonchev–Trinajstić information content (AvgIpc) is 2.80. The number of cyclic esters (lactones) is 1. The third-order valence-electron chi connectivity index (χ3n) is 3.07. The first kappa shape index (κ1) is 13.2. The summed E-state index contributed by atoms with van der Waals surface area (Å²) < 4.78 is 15.4. The van der Waals surface area contributed by atoms with Crippen LogP contribution in [0.15, 0.2) is 18.2 Å². The summed E-state index contributed by atoms with van der Waals surface area (Å²) in [4.78, 5) is 22.5. The molecule has 1 heterocycles. The molecular weight excluding hydrogens is 252 g/mol. The first-order valence-corrected chi connectivity index (χ1v) is 5.71. The molecule has 6 heteroatoms. The standard InChI is InChI=1S/C13H14O6/c1-17-7-3-4-8(10(5-7)18-2)12-9(13(15)16)6-11(14)19-12/h3-5,9,12H,6H2,1-2H3,(H,15,16)/t9-,12+/m1/s1. The predicted octanol–water partition coefficient (Wildman–Crippen LogP) is 1.39. The highest BCUT2D eigenvalue weighted by Gasteiger charge is 2.42. The fourth-order valence-corrected chi connectivity index (χ4v) is 2.11. The lowest BCUT2D eigenvalue weighted by Crippen LogP contribution is -2.18. The van der Waals surface area contributed by atoms with Gasteiger partial charge in [-0.1, -0.05) is 0 Å². The van der Waals surface area contributed by atoms with Gasteiger partial charge in [-0.2, -0.15) is 0 Å². The van der Waals surface area contributed by atoms with Crippen LogP contribution in [0, 0.1) is 5.92 Å². The van der Waals surface area contributed by atoms with Gasteiger partial charge in [-0.25, -0.2) is 0 Å². The van der Waals surface area contributed by atoms with Crippen LogP contribution < -0.4 is 9.47 Å². The van der Waals surface area contributed by atoms with Crippen LogP contribution in [-0.4, -0.2) is 31.3 Å². The molecule has 2 rings (SSSR count). The van der Waals surface area contributed by atoms with E-state index in [0.29, 0.717) is 17.1 Å². The summed E-state index contributed by atoms with van der Waals surface area (Å²) in [6, 6.07) is 4.94. The highest BCUT2D eigenvalue weighted by atomic mass is 16.6. The van der Waals surface area contributed by atoms with Crippen molar-refractivity contribution in [2.45, 2.75) is 12.5 Å². The molecule has 1 N–H and O–H groups in total. The number of ether oxygens (including phenoxy) is 3. The minimum absolute atomic E-state index is 0.130. The second-order valence-corrected chi connectivity index (χ2v) is 4.17. The van der Waals surface area contributed by atoms with E-state index < -0.39 is 24.0 Å². The lowest BCUT2D eigenvalue weighted by Gasteiger charge is -2.18. The number of carbonyl (C=O) groups excluding carboxylic acids is 1. The molecule has 0 saturated carbocycles. The van der Waals surface area contributed by atoms with Crippen molar-refractivity contribution in [1.29, 1.82) is 0 Å². The van der Waals surface area contributed by atoms with Crippen LogP contribution in [-0.2, 0) is 14.3 Å². The van der Waals surface area contributed by atoms with Crippen molar-refractivity contribution < 1.29 is 28.9 Å². The van der Waals surface area contributed by atoms with E-state index in [1.807, 2.05) is 0 Å². The zero-order valence-corrected chi connectivity index (χ0v) is 10.6. The normalized spacial score (nSPS) is 21.9. The molecule has 1 saturated heterocycles. The largest absolute Gasteiger partial charge is 0.497 e. The van der Waals surface area contributed by atoms with Crippen LogP contribution in [0.5, 0.6) is 11.5 Å². The zero-order valence-electron chi connectivity index (χ0n) is 10.6. The van der Waals surface area contributed by atoms with E-state index in [0.717, 1.165) is 0 Å².